The van der Waals surface area contributed by atoms with Gasteiger partial charge in [0.1, 0.15) is 0 Å². The molecule has 1 amide bonds. The van der Waals surface area contributed by atoms with Gasteiger partial charge in [0.25, 0.3) is 0 Å². The van der Waals surface area contributed by atoms with E-state index in [4.69, 9.17) is 4.74 Å². The summed E-state index contributed by atoms with van der Waals surface area (Å²) in [6, 6.07) is 10.5. The highest BCUT2D eigenvalue weighted by Gasteiger charge is 2.21. The molecule has 1 N–H and O–H groups in total. The number of ether oxygens (including phenoxy) is 1. The fraction of sp³-hybridized carbons (Fsp3) is 0.742. The van der Waals surface area contributed by atoms with E-state index in [0.717, 1.165) is 45.1 Å². The molecule has 0 radical (unpaired) electrons. The van der Waals surface area contributed by atoms with Crippen molar-refractivity contribution in [2.75, 3.05) is 40.3 Å². The van der Waals surface area contributed by atoms with E-state index in [1.165, 1.54) is 50.5 Å². The van der Waals surface area contributed by atoms with Crippen LogP contribution in [-0.2, 0) is 20.7 Å². The zero-order valence-electron chi connectivity index (χ0n) is 23.9. The van der Waals surface area contributed by atoms with Crippen LogP contribution in [0.5, 0.6) is 0 Å². The molecule has 0 aromatic heterocycles. The molecule has 0 aliphatic carbocycles. The molecule has 0 fully saturated rings. The molecule has 5 heteroatoms. The number of hydrogen-bond acceptors (Lipinski definition) is 3. The van der Waals surface area contributed by atoms with Gasteiger partial charge in [0.05, 0.1) is 27.2 Å². The van der Waals surface area contributed by atoms with Gasteiger partial charge in [-0.1, -0.05) is 95.5 Å². The summed E-state index contributed by atoms with van der Waals surface area (Å²) < 4.78 is 6.10. The lowest BCUT2D eigenvalue weighted by Crippen LogP contribution is -2.46. The first kappa shape index (κ1) is 32.1. The van der Waals surface area contributed by atoms with Gasteiger partial charge in [-0.15, -0.1) is 0 Å². The maximum atomic E-state index is 12.3. The first-order valence-corrected chi connectivity index (χ1v) is 14.6. The Hall–Kier alpha value is -1.88. The summed E-state index contributed by atoms with van der Waals surface area (Å²) in [5.41, 5.74) is 1.36. The Morgan fingerprint density at radius 1 is 0.889 bits per heavy atom. The molecule has 1 aromatic rings. The number of carbonyl (C=O) groups is 2. The maximum Gasteiger partial charge on any atom is 0.361 e. The van der Waals surface area contributed by atoms with Gasteiger partial charge >= 0.3 is 5.97 Å². The van der Waals surface area contributed by atoms with Crippen LogP contribution in [0.1, 0.15) is 103 Å². The quantitative estimate of drug-likeness (QED) is 0.109. The van der Waals surface area contributed by atoms with Crippen molar-refractivity contribution < 1.29 is 18.8 Å². The van der Waals surface area contributed by atoms with Gasteiger partial charge in [0.15, 0.2) is 6.54 Å². The summed E-state index contributed by atoms with van der Waals surface area (Å²) in [6.45, 7) is 6.83. The first-order chi connectivity index (χ1) is 17.3. The molecule has 1 unspecified atom stereocenters. The molecular weight excluding hydrogens is 448 g/mol. The van der Waals surface area contributed by atoms with Gasteiger partial charge in [0, 0.05) is 19.4 Å². The monoisotopic (exact) mass is 503 g/mol. The summed E-state index contributed by atoms with van der Waals surface area (Å²) >= 11 is 0. The molecule has 0 spiro atoms. The van der Waals surface area contributed by atoms with E-state index in [-0.39, 0.29) is 11.9 Å². The van der Waals surface area contributed by atoms with E-state index in [1.807, 2.05) is 20.2 Å². The molecule has 5 nitrogen and oxygen atoms in total. The van der Waals surface area contributed by atoms with Crippen molar-refractivity contribution in [3.8, 4) is 0 Å². The minimum atomic E-state index is -0.135. The van der Waals surface area contributed by atoms with Crippen molar-refractivity contribution in [2.24, 2.45) is 5.92 Å². The smallest absolute Gasteiger partial charge is 0.361 e. The molecule has 36 heavy (non-hydrogen) atoms. The van der Waals surface area contributed by atoms with Crippen LogP contribution in [0.15, 0.2) is 30.3 Å². The molecule has 0 heterocycles. The lowest BCUT2D eigenvalue weighted by molar-refractivity contribution is -0.883. The number of nitrogens with zero attached hydrogens (tertiary/aromatic N) is 1. The molecule has 0 saturated heterocycles. The van der Waals surface area contributed by atoms with Crippen LogP contribution in [0, 0.1) is 5.92 Å². The maximum absolute atomic E-state index is 12.3. The molecular formula is C31H55N2O3+. The molecule has 206 valence electrons. The Balaban J connectivity index is 2.01. The van der Waals surface area contributed by atoms with E-state index in [1.54, 1.807) is 0 Å². The van der Waals surface area contributed by atoms with Crippen molar-refractivity contribution in [3.63, 3.8) is 0 Å². The Morgan fingerprint density at radius 3 is 2.19 bits per heavy atom. The van der Waals surface area contributed by atoms with Gasteiger partial charge in [-0.25, -0.2) is 4.79 Å². The summed E-state index contributed by atoms with van der Waals surface area (Å²) in [5.74, 6) is 0.549. The number of hydrogen-bond donors (Lipinski definition) is 1. The molecule has 1 rings (SSSR count). The molecule has 0 bridgehead atoms. The van der Waals surface area contributed by atoms with Crippen molar-refractivity contribution in [1.29, 1.82) is 0 Å². The van der Waals surface area contributed by atoms with E-state index in [9.17, 15) is 9.59 Å². The van der Waals surface area contributed by atoms with Gasteiger partial charge < -0.3 is 14.5 Å². The number of likely N-dealkylation sites (N-methyl/N-ethyl adjacent to an activating group) is 1. The number of amides is 1. The van der Waals surface area contributed by atoms with Crippen LogP contribution in [0.25, 0.3) is 0 Å². The van der Waals surface area contributed by atoms with Gasteiger partial charge in [-0.2, -0.15) is 0 Å². The van der Waals surface area contributed by atoms with E-state index in [2.05, 4.69) is 43.4 Å². The predicted octanol–water partition coefficient (Wildman–Crippen LogP) is 6.69. The highest BCUT2D eigenvalue weighted by molar-refractivity contribution is 5.75. The van der Waals surface area contributed by atoms with Crippen molar-refractivity contribution in [2.45, 2.75) is 104 Å². The average Bonchev–Trinajstić information content (AvgIpc) is 2.84. The van der Waals surface area contributed by atoms with Crippen LogP contribution >= 0.6 is 0 Å². The van der Waals surface area contributed by atoms with Crippen LogP contribution in [0.2, 0.25) is 0 Å². The lowest BCUT2D eigenvalue weighted by Gasteiger charge is -2.28. The first-order valence-electron chi connectivity index (χ1n) is 14.6. The van der Waals surface area contributed by atoms with Crippen molar-refractivity contribution in [1.82, 2.24) is 5.32 Å². The second kappa shape index (κ2) is 20.2. The third-order valence-electron chi connectivity index (χ3n) is 6.97. The van der Waals surface area contributed by atoms with E-state index < -0.39 is 0 Å². The molecule has 1 aromatic carbocycles. The number of unbranched alkanes of at least 4 members (excludes halogenated alkanes) is 8. The third kappa shape index (κ3) is 18.4. The zero-order valence-corrected chi connectivity index (χ0v) is 23.9. The summed E-state index contributed by atoms with van der Waals surface area (Å²) in [6.07, 6.45) is 16.0. The molecule has 0 saturated carbocycles. The highest BCUT2D eigenvalue weighted by Crippen LogP contribution is 2.13. The Bertz CT molecular complexity index is 690. The van der Waals surface area contributed by atoms with Gasteiger partial charge in [0.2, 0.25) is 5.91 Å². The zero-order chi connectivity index (χ0) is 26.5. The van der Waals surface area contributed by atoms with Gasteiger partial charge in [-0.3, -0.25) is 4.79 Å². The molecule has 1 atom stereocenters. The van der Waals surface area contributed by atoms with Crippen molar-refractivity contribution in [3.05, 3.63) is 35.9 Å². The van der Waals surface area contributed by atoms with Crippen LogP contribution in [0.3, 0.4) is 0 Å². The number of aryl methyl sites for hydroxylation is 1. The van der Waals surface area contributed by atoms with Crippen molar-refractivity contribution >= 4 is 11.9 Å². The number of esters is 1. The lowest BCUT2D eigenvalue weighted by atomic mass is 9.99. The topological polar surface area (TPSA) is 55.4 Å². The summed E-state index contributed by atoms with van der Waals surface area (Å²) in [7, 11) is 4.10. The molecule has 0 aliphatic rings. The van der Waals surface area contributed by atoms with Gasteiger partial charge in [-0.05, 0) is 37.2 Å². The number of nitrogens with one attached hydrogen (secondary N) is 1. The molecule has 0 aliphatic heterocycles. The summed E-state index contributed by atoms with van der Waals surface area (Å²) in [5, 5.41) is 3.04. The fourth-order valence-corrected chi connectivity index (χ4v) is 4.47. The SMILES string of the molecule is CCCCCCCCCCCC(=O)NCCC[N+](C)(C)CC(=O)OCCC(C)CCc1ccccc1. The van der Waals surface area contributed by atoms with Crippen LogP contribution in [0.4, 0.5) is 0 Å². The van der Waals surface area contributed by atoms with E-state index >= 15 is 0 Å². The Morgan fingerprint density at radius 2 is 1.53 bits per heavy atom. The largest absolute Gasteiger partial charge is 0.462 e. The Kier molecular flexibility index (Phi) is 18.0. The summed E-state index contributed by atoms with van der Waals surface area (Å²) in [4.78, 5) is 24.4. The number of benzene rings is 1. The van der Waals surface area contributed by atoms with Crippen LogP contribution in [-0.4, -0.2) is 56.7 Å². The Labute approximate surface area is 222 Å². The highest BCUT2D eigenvalue weighted by atomic mass is 16.5. The van der Waals surface area contributed by atoms with Crippen LogP contribution < -0.4 is 5.32 Å². The third-order valence-corrected chi connectivity index (χ3v) is 6.97. The minimum Gasteiger partial charge on any atom is -0.462 e. The number of rotatable bonds is 22. The number of quaternary nitrogens is 1. The fourth-order valence-electron chi connectivity index (χ4n) is 4.47. The normalized spacial score (nSPS) is 12.3. The average molecular weight is 504 g/mol. The number of carbonyl (C=O) groups excluding carboxylic acids is 2. The van der Waals surface area contributed by atoms with E-state index in [0.29, 0.717) is 36.5 Å². The second-order valence-electron chi connectivity index (χ2n) is 11.2. The standard InChI is InChI=1S/C31H54N2O3/c1-5-6-7-8-9-10-11-12-16-20-30(34)32-24-17-25-33(3,4)27-31(35)36-26-23-28(2)21-22-29-18-14-13-15-19-29/h13-15,18-19,28H,5-12,16-17,20-27H2,1-4H3/p+1. The predicted molar refractivity (Wildman–Crippen MR) is 151 cm³/mol. The minimum absolute atomic E-state index is 0.135. The second-order valence-corrected chi connectivity index (χ2v) is 11.2.